The molecular weight excluding hydrogens is 328 g/mol. The van der Waals surface area contributed by atoms with E-state index in [9.17, 15) is 18.4 Å². The van der Waals surface area contributed by atoms with Crippen molar-refractivity contribution in [2.45, 2.75) is 13.5 Å². The van der Waals surface area contributed by atoms with Gasteiger partial charge in [-0.15, -0.1) is 0 Å². The Hall–Kier alpha value is -3.09. The van der Waals surface area contributed by atoms with Crippen LogP contribution in [0.15, 0.2) is 47.5 Å². The molecule has 0 aliphatic rings. The molecule has 25 heavy (non-hydrogen) atoms. The average molecular weight is 343 g/mol. The highest BCUT2D eigenvalue weighted by atomic mass is 19.1. The number of amides is 1. The molecule has 2 heterocycles. The van der Waals surface area contributed by atoms with Crippen molar-refractivity contribution in [3.05, 3.63) is 81.4 Å². The van der Waals surface area contributed by atoms with Gasteiger partial charge in [-0.3, -0.25) is 14.0 Å². The van der Waals surface area contributed by atoms with Crippen LogP contribution < -0.4 is 5.56 Å². The maximum atomic E-state index is 13.8. The van der Waals surface area contributed by atoms with Gasteiger partial charge in [0, 0.05) is 37.6 Å². The second-order valence-corrected chi connectivity index (χ2v) is 5.81. The molecule has 0 saturated heterocycles. The van der Waals surface area contributed by atoms with Crippen LogP contribution in [0.2, 0.25) is 0 Å². The molecule has 3 rings (SSSR count). The Bertz CT molecular complexity index is 1030. The first-order valence-corrected chi connectivity index (χ1v) is 7.54. The van der Waals surface area contributed by atoms with E-state index in [1.54, 1.807) is 12.3 Å². The van der Waals surface area contributed by atoms with Gasteiger partial charge in [0.1, 0.15) is 22.8 Å². The number of carbonyl (C=O) groups excluding carboxylic acids is 1. The number of nitrogens with zero attached hydrogens (tertiary/aromatic N) is 3. The Kier molecular flexibility index (Phi) is 4.31. The van der Waals surface area contributed by atoms with Crippen molar-refractivity contribution in [2.75, 3.05) is 7.05 Å². The summed E-state index contributed by atoms with van der Waals surface area (Å²) in [7, 11) is 1.44. The minimum atomic E-state index is -0.747. The fourth-order valence-corrected chi connectivity index (χ4v) is 2.51. The van der Waals surface area contributed by atoms with Gasteiger partial charge >= 0.3 is 0 Å². The number of rotatable bonds is 3. The highest BCUT2D eigenvalue weighted by Gasteiger charge is 2.19. The standard InChI is InChI=1S/C18H15F2N3O2/c1-11-3-6-16-21-8-14(18(25)23(16)9-11)17(24)22(2)10-12-4-5-13(19)7-15(12)20/h3-9H,10H2,1-2H3. The smallest absolute Gasteiger partial charge is 0.270 e. The van der Waals surface area contributed by atoms with Gasteiger partial charge in [0.2, 0.25) is 0 Å². The maximum absolute atomic E-state index is 13.8. The van der Waals surface area contributed by atoms with E-state index in [-0.39, 0.29) is 17.7 Å². The van der Waals surface area contributed by atoms with Gasteiger partial charge in [-0.25, -0.2) is 13.8 Å². The number of benzene rings is 1. The fourth-order valence-electron chi connectivity index (χ4n) is 2.51. The second kappa shape index (κ2) is 6.43. The van der Waals surface area contributed by atoms with E-state index < -0.39 is 23.1 Å². The third-order valence-corrected chi connectivity index (χ3v) is 3.85. The van der Waals surface area contributed by atoms with E-state index in [0.29, 0.717) is 5.65 Å². The molecule has 0 atom stereocenters. The molecule has 0 spiro atoms. The molecule has 0 aliphatic heterocycles. The predicted octanol–water partition coefficient (Wildman–Crippen LogP) is 2.55. The summed E-state index contributed by atoms with van der Waals surface area (Å²) in [5, 5.41) is 0. The number of fused-ring (bicyclic) bond motifs is 1. The summed E-state index contributed by atoms with van der Waals surface area (Å²) in [6.07, 6.45) is 2.81. The minimum Gasteiger partial charge on any atom is -0.337 e. The summed E-state index contributed by atoms with van der Waals surface area (Å²) in [4.78, 5) is 30.4. The molecule has 0 fully saturated rings. The Balaban J connectivity index is 1.93. The molecule has 0 saturated carbocycles. The molecule has 1 aromatic carbocycles. The van der Waals surface area contributed by atoms with Gasteiger partial charge in [0.25, 0.3) is 11.5 Å². The van der Waals surface area contributed by atoms with Crippen LogP contribution in [0.4, 0.5) is 8.78 Å². The molecule has 128 valence electrons. The van der Waals surface area contributed by atoms with Crippen molar-refractivity contribution in [1.82, 2.24) is 14.3 Å². The lowest BCUT2D eigenvalue weighted by atomic mass is 10.2. The number of hydrogen-bond acceptors (Lipinski definition) is 3. The number of aryl methyl sites for hydroxylation is 1. The molecule has 2 aromatic heterocycles. The van der Waals surface area contributed by atoms with Crippen LogP contribution in [-0.4, -0.2) is 27.2 Å². The van der Waals surface area contributed by atoms with Crippen molar-refractivity contribution in [3.8, 4) is 0 Å². The van der Waals surface area contributed by atoms with Gasteiger partial charge in [-0.1, -0.05) is 12.1 Å². The van der Waals surface area contributed by atoms with Gasteiger partial charge in [-0.2, -0.15) is 0 Å². The fraction of sp³-hybridized carbons (Fsp3) is 0.167. The van der Waals surface area contributed by atoms with Crippen LogP contribution in [0.1, 0.15) is 21.5 Å². The van der Waals surface area contributed by atoms with Crippen molar-refractivity contribution < 1.29 is 13.6 Å². The molecule has 0 aliphatic carbocycles. The third-order valence-electron chi connectivity index (χ3n) is 3.85. The summed E-state index contributed by atoms with van der Waals surface area (Å²) in [6.45, 7) is 1.73. The number of halogens is 2. The molecule has 7 heteroatoms. The van der Waals surface area contributed by atoms with Crippen LogP contribution >= 0.6 is 0 Å². The Morgan fingerprint density at radius 1 is 1.24 bits per heavy atom. The molecule has 5 nitrogen and oxygen atoms in total. The summed E-state index contributed by atoms with van der Waals surface area (Å²) in [5.74, 6) is -2.02. The SMILES string of the molecule is Cc1ccc2ncc(C(=O)N(C)Cc3ccc(F)cc3F)c(=O)n2c1. The van der Waals surface area contributed by atoms with E-state index in [2.05, 4.69) is 4.98 Å². The molecule has 0 radical (unpaired) electrons. The lowest BCUT2D eigenvalue weighted by Gasteiger charge is -2.17. The molecule has 3 aromatic rings. The first-order valence-electron chi connectivity index (χ1n) is 7.54. The number of hydrogen-bond donors (Lipinski definition) is 0. The van der Waals surface area contributed by atoms with E-state index in [1.165, 1.54) is 28.6 Å². The zero-order valence-electron chi connectivity index (χ0n) is 13.7. The Morgan fingerprint density at radius 2 is 2.00 bits per heavy atom. The topological polar surface area (TPSA) is 54.7 Å². The van der Waals surface area contributed by atoms with E-state index in [4.69, 9.17) is 0 Å². The predicted molar refractivity (Wildman–Crippen MR) is 88.4 cm³/mol. The van der Waals surface area contributed by atoms with E-state index in [0.717, 1.165) is 17.7 Å². The number of aromatic nitrogens is 2. The lowest BCUT2D eigenvalue weighted by Crippen LogP contribution is -2.33. The first-order chi connectivity index (χ1) is 11.9. The van der Waals surface area contributed by atoms with Gasteiger partial charge < -0.3 is 4.90 Å². The number of carbonyl (C=O) groups is 1. The van der Waals surface area contributed by atoms with Crippen LogP contribution in [0.5, 0.6) is 0 Å². The molecule has 0 bridgehead atoms. The Labute approximate surface area is 142 Å². The van der Waals surface area contributed by atoms with Gasteiger partial charge in [0.05, 0.1) is 0 Å². The monoisotopic (exact) mass is 343 g/mol. The summed E-state index contributed by atoms with van der Waals surface area (Å²) in [6, 6.07) is 6.63. The maximum Gasteiger partial charge on any atom is 0.270 e. The first kappa shape index (κ1) is 16.8. The van der Waals surface area contributed by atoms with Crippen molar-refractivity contribution in [2.24, 2.45) is 0 Å². The Morgan fingerprint density at radius 3 is 2.72 bits per heavy atom. The third kappa shape index (κ3) is 3.26. The quantitative estimate of drug-likeness (QED) is 0.734. The molecule has 0 N–H and O–H groups in total. The number of pyridine rings is 1. The summed E-state index contributed by atoms with van der Waals surface area (Å²) < 4.78 is 28.0. The molecule has 1 amide bonds. The largest absolute Gasteiger partial charge is 0.337 e. The average Bonchev–Trinajstić information content (AvgIpc) is 2.57. The van der Waals surface area contributed by atoms with Crippen molar-refractivity contribution in [3.63, 3.8) is 0 Å². The molecule has 0 unspecified atom stereocenters. The highest BCUT2D eigenvalue weighted by molar-refractivity contribution is 5.93. The minimum absolute atomic E-state index is 0.0963. The van der Waals surface area contributed by atoms with Crippen LogP contribution in [0, 0.1) is 18.6 Å². The van der Waals surface area contributed by atoms with E-state index in [1.807, 2.05) is 13.0 Å². The lowest BCUT2D eigenvalue weighted by molar-refractivity contribution is 0.0781. The zero-order valence-corrected chi connectivity index (χ0v) is 13.7. The van der Waals surface area contributed by atoms with Crippen molar-refractivity contribution >= 4 is 11.6 Å². The second-order valence-electron chi connectivity index (χ2n) is 5.81. The van der Waals surface area contributed by atoms with E-state index >= 15 is 0 Å². The zero-order chi connectivity index (χ0) is 18.1. The normalized spacial score (nSPS) is 10.9. The highest BCUT2D eigenvalue weighted by Crippen LogP contribution is 2.13. The summed E-state index contributed by atoms with van der Waals surface area (Å²) >= 11 is 0. The van der Waals surface area contributed by atoms with Crippen LogP contribution in [-0.2, 0) is 6.54 Å². The van der Waals surface area contributed by atoms with Gasteiger partial charge in [-0.05, 0) is 24.6 Å². The summed E-state index contributed by atoms with van der Waals surface area (Å²) in [5.41, 5.74) is 0.822. The van der Waals surface area contributed by atoms with Gasteiger partial charge in [0.15, 0.2) is 0 Å². The van der Waals surface area contributed by atoms with Crippen molar-refractivity contribution in [1.29, 1.82) is 0 Å². The van der Waals surface area contributed by atoms with Crippen LogP contribution in [0.3, 0.4) is 0 Å². The van der Waals surface area contributed by atoms with Crippen LogP contribution in [0.25, 0.3) is 5.65 Å². The molecular formula is C18H15F2N3O2.